The van der Waals surface area contributed by atoms with E-state index in [9.17, 15) is 13.2 Å². The molecular weight excluding hydrogens is 287 g/mol. The van der Waals surface area contributed by atoms with Crippen molar-refractivity contribution < 1.29 is 22.4 Å². The Morgan fingerprint density at radius 2 is 2.05 bits per heavy atom. The number of nitrogens with one attached hydrogen (secondary N) is 1. The summed E-state index contributed by atoms with van der Waals surface area (Å²) in [6, 6.07) is 0.236. The number of hydrogen-bond acceptors (Lipinski definition) is 5. The molecule has 0 aliphatic carbocycles. The second-order valence-corrected chi connectivity index (χ2v) is 5.34. The highest BCUT2D eigenvalue weighted by molar-refractivity contribution is 4.90. The highest BCUT2D eigenvalue weighted by atomic mass is 19.4. The third-order valence-electron chi connectivity index (χ3n) is 2.83. The lowest BCUT2D eigenvalue weighted by atomic mass is 10.0. The van der Waals surface area contributed by atoms with Crippen LogP contribution >= 0.6 is 0 Å². The van der Waals surface area contributed by atoms with Crippen LogP contribution in [0.25, 0.3) is 0 Å². The Bertz CT molecular complexity index is 408. The molecule has 0 radical (unpaired) electrons. The summed E-state index contributed by atoms with van der Waals surface area (Å²) in [7, 11) is 1.87. The minimum Gasteiger partial charge on any atom is -0.372 e. The summed E-state index contributed by atoms with van der Waals surface area (Å²) in [6.45, 7) is 2.91. The standard InChI is InChI=1S/C13H22F3N3O2/c1-9(2)6-10(17-3)7-12-18-11(19-21-12)4-5-20-8-13(14,15)16/h9-10,17H,4-8H2,1-3H3. The predicted molar refractivity (Wildman–Crippen MR) is 70.9 cm³/mol. The molecule has 1 N–H and O–H groups in total. The average Bonchev–Trinajstić information content (AvgIpc) is 2.80. The van der Waals surface area contributed by atoms with Crippen LogP contribution in [0, 0.1) is 5.92 Å². The van der Waals surface area contributed by atoms with E-state index in [1.165, 1.54) is 0 Å². The first-order valence-corrected chi connectivity index (χ1v) is 6.93. The van der Waals surface area contributed by atoms with Gasteiger partial charge in [-0.25, -0.2) is 0 Å². The van der Waals surface area contributed by atoms with E-state index in [0.29, 0.717) is 24.1 Å². The lowest BCUT2D eigenvalue weighted by Crippen LogP contribution is -2.29. The molecule has 0 aromatic carbocycles. The van der Waals surface area contributed by atoms with E-state index >= 15 is 0 Å². The second kappa shape index (κ2) is 8.33. The van der Waals surface area contributed by atoms with Crippen LogP contribution in [0.2, 0.25) is 0 Å². The molecule has 1 rings (SSSR count). The SMILES string of the molecule is CNC(Cc1nc(CCOCC(F)(F)F)no1)CC(C)C. The van der Waals surface area contributed by atoms with Crippen LogP contribution in [-0.4, -0.2) is 42.6 Å². The highest BCUT2D eigenvalue weighted by Gasteiger charge is 2.27. The topological polar surface area (TPSA) is 60.2 Å². The van der Waals surface area contributed by atoms with Crippen LogP contribution in [0.1, 0.15) is 32.0 Å². The van der Waals surface area contributed by atoms with Gasteiger partial charge in [-0.1, -0.05) is 19.0 Å². The summed E-state index contributed by atoms with van der Waals surface area (Å²) < 4.78 is 45.3. The molecule has 122 valence electrons. The number of rotatable bonds is 9. The van der Waals surface area contributed by atoms with E-state index in [4.69, 9.17) is 4.52 Å². The minimum atomic E-state index is -4.31. The van der Waals surface area contributed by atoms with E-state index in [2.05, 4.69) is 34.0 Å². The molecule has 1 unspecified atom stereocenters. The van der Waals surface area contributed by atoms with Gasteiger partial charge < -0.3 is 14.6 Å². The largest absolute Gasteiger partial charge is 0.411 e. The molecule has 8 heteroatoms. The molecule has 1 aromatic heterocycles. The van der Waals surface area contributed by atoms with Crippen LogP contribution < -0.4 is 5.32 Å². The zero-order valence-corrected chi connectivity index (χ0v) is 12.5. The predicted octanol–water partition coefficient (Wildman–Crippen LogP) is 2.37. The summed E-state index contributed by atoms with van der Waals surface area (Å²) in [4.78, 5) is 4.16. The summed E-state index contributed by atoms with van der Waals surface area (Å²) in [5.41, 5.74) is 0. The molecule has 1 heterocycles. The lowest BCUT2D eigenvalue weighted by molar-refractivity contribution is -0.173. The van der Waals surface area contributed by atoms with Crippen molar-refractivity contribution in [2.24, 2.45) is 5.92 Å². The smallest absolute Gasteiger partial charge is 0.372 e. The third-order valence-corrected chi connectivity index (χ3v) is 2.83. The van der Waals surface area contributed by atoms with Crippen LogP contribution in [-0.2, 0) is 17.6 Å². The molecule has 0 amide bonds. The molecule has 0 spiro atoms. The molecule has 1 atom stereocenters. The number of aromatic nitrogens is 2. The van der Waals surface area contributed by atoms with Crippen molar-refractivity contribution in [2.75, 3.05) is 20.3 Å². The van der Waals surface area contributed by atoms with Crippen LogP contribution in [0.15, 0.2) is 4.52 Å². The van der Waals surface area contributed by atoms with Crippen LogP contribution in [0.3, 0.4) is 0 Å². The zero-order chi connectivity index (χ0) is 15.9. The van der Waals surface area contributed by atoms with Crippen molar-refractivity contribution in [1.29, 1.82) is 0 Å². The fraction of sp³-hybridized carbons (Fsp3) is 0.846. The van der Waals surface area contributed by atoms with Gasteiger partial charge in [0.1, 0.15) is 6.61 Å². The summed E-state index contributed by atoms with van der Waals surface area (Å²) in [5, 5.41) is 6.92. The molecule has 0 aliphatic heterocycles. The molecule has 0 saturated heterocycles. The van der Waals surface area contributed by atoms with Gasteiger partial charge in [-0.2, -0.15) is 18.2 Å². The molecule has 0 aliphatic rings. The maximum atomic E-state index is 11.9. The molecule has 1 aromatic rings. The van der Waals surface area contributed by atoms with E-state index in [1.54, 1.807) is 0 Å². The van der Waals surface area contributed by atoms with Gasteiger partial charge in [0.2, 0.25) is 5.89 Å². The van der Waals surface area contributed by atoms with Gasteiger partial charge in [-0.05, 0) is 19.4 Å². The van der Waals surface area contributed by atoms with Crippen molar-refractivity contribution >= 4 is 0 Å². The van der Waals surface area contributed by atoms with Gasteiger partial charge >= 0.3 is 6.18 Å². The number of alkyl halides is 3. The normalized spacial score (nSPS) is 13.9. The van der Waals surface area contributed by atoms with Crippen molar-refractivity contribution in [3.05, 3.63) is 11.7 Å². The van der Waals surface area contributed by atoms with E-state index < -0.39 is 12.8 Å². The number of ether oxygens (including phenoxy) is 1. The summed E-state index contributed by atoms with van der Waals surface area (Å²) in [5.74, 6) is 1.40. The molecule has 21 heavy (non-hydrogen) atoms. The third kappa shape index (κ3) is 8.01. The summed E-state index contributed by atoms with van der Waals surface area (Å²) in [6.07, 6.45) is -2.53. The van der Waals surface area contributed by atoms with Crippen molar-refractivity contribution in [3.63, 3.8) is 0 Å². The van der Waals surface area contributed by atoms with Crippen molar-refractivity contribution in [2.45, 2.75) is 45.3 Å². The first kappa shape index (κ1) is 17.9. The lowest BCUT2D eigenvalue weighted by Gasteiger charge is -2.15. The molecule has 0 fully saturated rings. The zero-order valence-electron chi connectivity index (χ0n) is 12.5. The van der Waals surface area contributed by atoms with Gasteiger partial charge in [0.05, 0.1) is 6.61 Å². The quantitative estimate of drug-likeness (QED) is 0.710. The van der Waals surface area contributed by atoms with Crippen molar-refractivity contribution in [3.8, 4) is 0 Å². The van der Waals surface area contributed by atoms with Crippen LogP contribution in [0.5, 0.6) is 0 Å². The number of likely N-dealkylation sites (N-methyl/N-ethyl adjacent to an activating group) is 1. The maximum Gasteiger partial charge on any atom is 0.411 e. The number of halogens is 3. The van der Waals surface area contributed by atoms with Crippen molar-refractivity contribution in [1.82, 2.24) is 15.5 Å². The Labute approximate surface area is 122 Å². The fourth-order valence-corrected chi connectivity index (χ4v) is 1.91. The molecule has 5 nitrogen and oxygen atoms in total. The Balaban J connectivity index is 2.35. The average molecular weight is 309 g/mol. The summed E-state index contributed by atoms with van der Waals surface area (Å²) >= 11 is 0. The first-order chi connectivity index (χ1) is 9.80. The van der Waals surface area contributed by atoms with Gasteiger partial charge in [-0.3, -0.25) is 0 Å². The molecule has 0 bridgehead atoms. The van der Waals surface area contributed by atoms with E-state index in [0.717, 1.165) is 6.42 Å². The monoisotopic (exact) mass is 309 g/mol. The van der Waals surface area contributed by atoms with Gasteiger partial charge in [0, 0.05) is 18.9 Å². The second-order valence-electron chi connectivity index (χ2n) is 5.34. The fourth-order valence-electron chi connectivity index (χ4n) is 1.91. The van der Waals surface area contributed by atoms with Crippen LogP contribution in [0.4, 0.5) is 13.2 Å². The minimum absolute atomic E-state index is 0.0834. The maximum absolute atomic E-state index is 11.9. The Morgan fingerprint density at radius 1 is 1.33 bits per heavy atom. The Morgan fingerprint density at radius 3 is 2.62 bits per heavy atom. The highest BCUT2D eigenvalue weighted by Crippen LogP contribution is 2.14. The number of nitrogens with zero attached hydrogens (tertiary/aromatic N) is 2. The number of hydrogen-bond donors (Lipinski definition) is 1. The Hall–Kier alpha value is -1.15. The van der Waals surface area contributed by atoms with Gasteiger partial charge in [-0.15, -0.1) is 0 Å². The van der Waals surface area contributed by atoms with E-state index in [1.807, 2.05) is 7.05 Å². The van der Waals surface area contributed by atoms with Gasteiger partial charge in [0.15, 0.2) is 5.82 Å². The Kier molecular flexibility index (Phi) is 7.10. The van der Waals surface area contributed by atoms with E-state index in [-0.39, 0.29) is 19.1 Å². The first-order valence-electron chi connectivity index (χ1n) is 6.93. The van der Waals surface area contributed by atoms with Gasteiger partial charge in [0.25, 0.3) is 0 Å². The molecule has 0 saturated carbocycles. The molecular formula is C13H22F3N3O2.